The van der Waals surface area contributed by atoms with Crippen LogP contribution >= 0.6 is 34.8 Å². The largest absolute Gasteiger partial charge is 0.494 e. The summed E-state index contributed by atoms with van der Waals surface area (Å²) in [5.74, 6) is 1.63. The smallest absolute Gasteiger partial charge is 0.142 e. The van der Waals surface area contributed by atoms with Crippen LogP contribution in [0, 0.1) is 0 Å². The van der Waals surface area contributed by atoms with Crippen LogP contribution in [0.4, 0.5) is 0 Å². The lowest BCUT2D eigenvalue weighted by Gasteiger charge is -2.11. The maximum absolute atomic E-state index is 6.44. The average Bonchev–Trinajstić information content (AvgIpc) is 3.05. The number of aromatic nitrogens is 2. The molecule has 0 saturated heterocycles. The highest BCUT2D eigenvalue weighted by Crippen LogP contribution is 2.32. The fourth-order valence-corrected chi connectivity index (χ4v) is 3.74. The Morgan fingerprint density at radius 2 is 1.61 bits per heavy atom. The monoisotopic (exact) mass is 430 g/mol. The third kappa shape index (κ3) is 4.12. The van der Waals surface area contributed by atoms with Crippen molar-refractivity contribution in [3.05, 3.63) is 81.8 Å². The number of fused-ring (bicyclic) bond motifs is 1. The molecule has 0 aliphatic rings. The zero-order valence-electron chi connectivity index (χ0n) is 14.9. The molecule has 3 nitrogen and oxygen atoms in total. The molecule has 28 heavy (non-hydrogen) atoms. The Hall–Kier alpha value is -2.20. The van der Waals surface area contributed by atoms with Gasteiger partial charge in [0, 0.05) is 22.2 Å². The van der Waals surface area contributed by atoms with Crippen molar-refractivity contribution >= 4 is 45.8 Å². The summed E-state index contributed by atoms with van der Waals surface area (Å²) in [7, 11) is 0. The van der Waals surface area contributed by atoms with Crippen LogP contribution < -0.4 is 4.74 Å². The standard InChI is InChI=1S/C22H17Cl3N2O/c23-15-6-9-17(10-7-15)28-13-3-12-27-21-5-2-1-4-20(21)26-22(27)18-11-8-16(24)14-19(18)25/h1-2,4-11,14H,3,12-13H2. The summed E-state index contributed by atoms with van der Waals surface area (Å²) in [4.78, 5) is 4.80. The van der Waals surface area contributed by atoms with Crippen molar-refractivity contribution in [2.24, 2.45) is 0 Å². The summed E-state index contributed by atoms with van der Waals surface area (Å²) in [5, 5.41) is 1.89. The highest BCUT2D eigenvalue weighted by molar-refractivity contribution is 6.36. The van der Waals surface area contributed by atoms with E-state index in [1.165, 1.54) is 0 Å². The second-order valence-corrected chi connectivity index (χ2v) is 7.64. The van der Waals surface area contributed by atoms with E-state index in [1.54, 1.807) is 6.07 Å². The van der Waals surface area contributed by atoms with Gasteiger partial charge in [-0.25, -0.2) is 4.98 Å². The number of hydrogen-bond donors (Lipinski definition) is 0. The van der Waals surface area contributed by atoms with Crippen molar-refractivity contribution in [3.8, 4) is 17.1 Å². The maximum Gasteiger partial charge on any atom is 0.142 e. The highest BCUT2D eigenvalue weighted by atomic mass is 35.5. The fourth-order valence-electron chi connectivity index (χ4n) is 3.12. The van der Waals surface area contributed by atoms with E-state index in [2.05, 4.69) is 10.6 Å². The van der Waals surface area contributed by atoms with Gasteiger partial charge in [-0.15, -0.1) is 0 Å². The van der Waals surface area contributed by atoms with E-state index in [-0.39, 0.29) is 0 Å². The second kappa shape index (κ2) is 8.44. The normalized spacial score (nSPS) is 11.1. The van der Waals surface area contributed by atoms with Gasteiger partial charge in [0.25, 0.3) is 0 Å². The third-order valence-electron chi connectivity index (χ3n) is 4.44. The number of imidazole rings is 1. The summed E-state index contributed by atoms with van der Waals surface area (Å²) >= 11 is 18.4. The average molecular weight is 432 g/mol. The number of halogens is 3. The molecule has 3 aromatic carbocycles. The van der Waals surface area contributed by atoms with Gasteiger partial charge < -0.3 is 9.30 Å². The third-order valence-corrected chi connectivity index (χ3v) is 5.23. The van der Waals surface area contributed by atoms with Crippen LogP contribution in [0.5, 0.6) is 5.75 Å². The summed E-state index contributed by atoms with van der Waals surface area (Å²) in [6.45, 7) is 1.34. The predicted octanol–water partition coefficient (Wildman–Crippen LogP) is 7.13. The number of para-hydroxylation sites is 2. The molecule has 0 saturated carbocycles. The quantitative estimate of drug-likeness (QED) is 0.303. The Balaban J connectivity index is 1.57. The lowest BCUT2D eigenvalue weighted by atomic mass is 10.2. The number of benzene rings is 3. The zero-order chi connectivity index (χ0) is 19.5. The Morgan fingerprint density at radius 1 is 0.857 bits per heavy atom. The van der Waals surface area contributed by atoms with E-state index in [0.717, 1.165) is 41.1 Å². The Labute approximate surface area is 178 Å². The molecule has 0 bridgehead atoms. The van der Waals surface area contributed by atoms with Crippen molar-refractivity contribution < 1.29 is 4.74 Å². The minimum Gasteiger partial charge on any atom is -0.494 e. The van der Waals surface area contributed by atoms with Crippen LogP contribution in [0.2, 0.25) is 15.1 Å². The van der Waals surface area contributed by atoms with Crippen molar-refractivity contribution in [1.82, 2.24) is 9.55 Å². The molecule has 0 fully saturated rings. The van der Waals surface area contributed by atoms with Crippen LogP contribution in [-0.2, 0) is 6.54 Å². The molecule has 0 unspecified atom stereocenters. The molecule has 0 aliphatic carbocycles. The predicted molar refractivity (Wildman–Crippen MR) is 117 cm³/mol. The van der Waals surface area contributed by atoms with E-state index in [0.29, 0.717) is 21.7 Å². The minimum absolute atomic E-state index is 0.585. The number of ether oxygens (including phenoxy) is 1. The van der Waals surface area contributed by atoms with Crippen LogP contribution in [0.3, 0.4) is 0 Å². The van der Waals surface area contributed by atoms with E-state index < -0.39 is 0 Å². The first-order valence-corrected chi connectivity index (χ1v) is 10.0. The summed E-state index contributed by atoms with van der Waals surface area (Å²) in [5.41, 5.74) is 2.86. The highest BCUT2D eigenvalue weighted by Gasteiger charge is 2.15. The molecule has 0 spiro atoms. The van der Waals surface area contributed by atoms with Gasteiger partial charge in [0.15, 0.2) is 0 Å². The number of hydrogen-bond acceptors (Lipinski definition) is 2. The number of aryl methyl sites for hydroxylation is 1. The van der Waals surface area contributed by atoms with Gasteiger partial charge in [-0.2, -0.15) is 0 Å². The van der Waals surface area contributed by atoms with Gasteiger partial charge in [0.2, 0.25) is 0 Å². The zero-order valence-corrected chi connectivity index (χ0v) is 17.2. The topological polar surface area (TPSA) is 27.1 Å². The SMILES string of the molecule is Clc1ccc(OCCCn2c(-c3ccc(Cl)cc3Cl)nc3ccccc32)cc1. The molecule has 1 aromatic heterocycles. The van der Waals surface area contributed by atoms with Gasteiger partial charge >= 0.3 is 0 Å². The molecule has 6 heteroatoms. The maximum atomic E-state index is 6.44. The van der Waals surface area contributed by atoms with E-state index in [9.17, 15) is 0 Å². The van der Waals surface area contributed by atoms with Gasteiger partial charge in [-0.1, -0.05) is 46.9 Å². The van der Waals surface area contributed by atoms with Crippen molar-refractivity contribution in [3.63, 3.8) is 0 Å². The number of rotatable bonds is 6. The molecule has 142 valence electrons. The first-order valence-electron chi connectivity index (χ1n) is 8.91. The van der Waals surface area contributed by atoms with Crippen molar-refractivity contribution in [2.75, 3.05) is 6.61 Å². The molecule has 0 amide bonds. The molecule has 4 rings (SSSR count). The second-order valence-electron chi connectivity index (χ2n) is 6.36. The van der Waals surface area contributed by atoms with E-state index in [1.807, 2.05) is 54.6 Å². The molecule has 0 atom stereocenters. The number of nitrogens with zero attached hydrogens (tertiary/aromatic N) is 2. The molecule has 1 heterocycles. The first kappa shape index (κ1) is 19.1. The lowest BCUT2D eigenvalue weighted by molar-refractivity contribution is 0.303. The van der Waals surface area contributed by atoms with Crippen LogP contribution in [0.25, 0.3) is 22.4 Å². The fraction of sp³-hybridized carbons (Fsp3) is 0.136. The van der Waals surface area contributed by atoms with Crippen LogP contribution in [-0.4, -0.2) is 16.2 Å². The summed E-state index contributed by atoms with van der Waals surface area (Å²) < 4.78 is 8.00. The Morgan fingerprint density at radius 3 is 2.39 bits per heavy atom. The molecule has 0 aliphatic heterocycles. The van der Waals surface area contributed by atoms with Crippen LogP contribution in [0.1, 0.15) is 6.42 Å². The van der Waals surface area contributed by atoms with E-state index in [4.69, 9.17) is 44.5 Å². The van der Waals surface area contributed by atoms with Crippen molar-refractivity contribution in [2.45, 2.75) is 13.0 Å². The molecular formula is C22H17Cl3N2O. The molecule has 0 N–H and O–H groups in total. The van der Waals surface area contributed by atoms with Gasteiger partial charge in [0.05, 0.1) is 22.7 Å². The summed E-state index contributed by atoms with van der Waals surface area (Å²) in [6.07, 6.45) is 0.821. The molecule has 0 radical (unpaired) electrons. The van der Waals surface area contributed by atoms with E-state index >= 15 is 0 Å². The first-order chi connectivity index (χ1) is 13.6. The Bertz CT molecular complexity index is 1110. The van der Waals surface area contributed by atoms with Crippen molar-refractivity contribution in [1.29, 1.82) is 0 Å². The Kier molecular flexibility index (Phi) is 5.77. The summed E-state index contributed by atoms with van der Waals surface area (Å²) in [6, 6.07) is 20.9. The lowest BCUT2D eigenvalue weighted by Crippen LogP contribution is -2.06. The van der Waals surface area contributed by atoms with Gasteiger partial charge in [-0.3, -0.25) is 0 Å². The molecule has 4 aromatic rings. The van der Waals surface area contributed by atoms with Crippen LogP contribution in [0.15, 0.2) is 66.7 Å². The minimum atomic E-state index is 0.585. The molecular weight excluding hydrogens is 415 g/mol. The van der Waals surface area contributed by atoms with Gasteiger partial charge in [0.1, 0.15) is 11.6 Å². The van der Waals surface area contributed by atoms with Gasteiger partial charge in [-0.05, 0) is 61.0 Å².